The molecule has 0 aromatic heterocycles. The van der Waals surface area contributed by atoms with Crippen molar-refractivity contribution in [3.05, 3.63) is 23.8 Å². The lowest BCUT2D eigenvalue weighted by atomic mass is 9.44. The maximum Gasteiger partial charge on any atom is 0.253 e. The molecule has 4 aliphatic carbocycles. The van der Waals surface area contributed by atoms with E-state index < -0.39 is 40.0 Å². The second-order valence-corrected chi connectivity index (χ2v) is 10.8. The lowest BCUT2D eigenvalue weighted by Crippen LogP contribution is -2.70. The molecular weight excluding hydrogens is 385 g/mol. The Balaban J connectivity index is 1.79. The van der Waals surface area contributed by atoms with Crippen LogP contribution in [0.2, 0.25) is 0 Å². The molecule has 0 spiro atoms. The smallest absolute Gasteiger partial charge is 0.253 e. The molecule has 0 bridgehead atoms. The summed E-state index contributed by atoms with van der Waals surface area (Å²) in [6, 6.07) is -0.128. The van der Waals surface area contributed by atoms with E-state index in [1.54, 1.807) is 13.0 Å². The van der Waals surface area contributed by atoms with Crippen molar-refractivity contribution >= 4 is 11.7 Å². The zero-order valence-electron chi connectivity index (χ0n) is 18.5. The summed E-state index contributed by atoms with van der Waals surface area (Å²) >= 11 is 0. The van der Waals surface area contributed by atoms with Gasteiger partial charge in [0.15, 0.2) is 17.1 Å². The number of rotatable bonds is 2. The van der Waals surface area contributed by atoms with Gasteiger partial charge in [-0.15, -0.1) is 0 Å². The fourth-order valence-electron chi connectivity index (χ4n) is 7.40. The van der Waals surface area contributed by atoms with E-state index in [1.807, 2.05) is 27.7 Å². The van der Waals surface area contributed by atoms with Gasteiger partial charge in [-0.3, -0.25) is 9.59 Å². The van der Waals surface area contributed by atoms with Crippen LogP contribution in [0.4, 0.5) is 4.39 Å². The summed E-state index contributed by atoms with van der Waals surface area (Å²) in [5.41, 5.74) is -4.88. The number of fused-ring (bicyclic) bond motifs is 5. The molecule has 166 valence electrons. The van der Waals surface area contributed by atoms with Crippen LogP contribution in [0, 0.1) is 28.6 Å². The number of aliphatic hydroxyl groups excluding tert-OH is 1. The highest BCUT2D eigenvalue weighted by atomic mass is 19.1. The minimum absolute atomic E-state index is 0.00167. The number of halogens is 1. The lowest BCUT2D eigenvalue weighted by Gasteiger charge is -2.62. The molecule has 3 N–H and O–H groups in total. The minimum atomic E-state index is -1.95. The summed E-state index contributed by atoms with van der Waals surface area (Å²) in [4.78, 5) is 25.0. The molecule has 8 unspecified atom stereocenters. The maximum absolute atomic E-state index is 17.0. The molecule has 8 atom stereocenters. The summed E-state index contributed by atoms with van der Waals surface area (Å²) in [7, 11) is 0. The molecule has 3 saturated carbocycles. The number of nitrogens with one attached hydrogen (secondary N) is 1. The van der Waals surface area contributed by atoms with Crippen LogP contribution in [0.1, 0.15) is 60.3 Å². The molecule has 5 nitrogen and oxygen atoms in total. The van der Waals surface area contributed by atoms with Gasteiger partial charge in [0.1, 0.15) is 0 Å². The number of ketones is 1. The number of alkyl halides is 1. The number of amides is 1. The molecule has 0 aromatic carbocycles. The number of hydrogen-bond donors (Lipinski definition) is 3. The van der Waals surface area contributed by atoms with Gasteiger partial charge in [0.25, 0.3) is 5.91 Å². The van der Waals surface area contributed by atoms with Crippen molar-refractivity contribution in [2.45, 2.75) is 83.7 Å². The first-order valence-corrected chi connectivity index (χ1v) is 11.2. The zero-order valence-corrected chi connectivity index (χ0v) is 18.5. The molecule has 0 heterocycles. The van der Waals surface area contributed by atoms with Crippen molar-refractivity contribution in [2.75, 3.05) is 0 Å². The van der Waals surface area contributed by atoms with Crippen molar-refractivity contribution in [3.8, 4) is 0 Å². The molecule has 0 aliphatic heterocycles. The normalized spacial score (nSPS) is 49.9. The average molecular weight is 420 g/mol. The summed E-state index contributed by atoms with van der Waals surface area (Å²) in [5, 5.41) is 25.8. The topological polar surface area (TPSA) is 86.6 Å². The predicted octanol–water partition coefficient (Wildman–Crippen LogP) is 2.86. The molecule has 6 heteroatoms. The molecular formula is C24H34FNO4. The van der Waals surface area contributed by atoms with Gasteiger partial charge < -0.3 is 15.5 Å². The SMILES string of the molecule is CC(C)NC(=O)C1(O)C(C)CC2C3CCC4=CC(=O)C=CC4(C)C3(F)C(O)CC21C. The number of carbonyl (C=O) groups excluding carboxylic acids is 2. The quantitative estimate of drug-likeness (QED) is 0.642. The van der Waals surface area contributed by atoms with Gasteiger partial charge in [-0.25, -0.2) is 4.39 Å². The van der Waals surface area contributed by atoms with Crippen molar-refractivity contribution in [3.63, 3.8) is 0 Å². The van der Waals surface area contributed by atoms with Crippen LogP contribution in [-0.4, -0.2) is 45.3 Å². The lowest BCUT2D eigenvalue weighted by molar-refractivity contribution is -0.219. The second-order valence-electron chi connectivity index (χ2n) is 10.8. The Morgan fingerprint density at radius 2 is 1.97 bits per heavy atom. The van der Waals surface area contributed by atoms with E-state index in [-0.39, 0.29) is 30.1 Å². The molecule has 0 aromatic rings. The molecule has 4 rings (SSSR count). The van der Waals surface area contributed by atoms with Crippen molar-refractivity contribution in [2.24, 2.45) is 28.6 Å². The molecule has 0 saturated heterocycles. The van der Waals surface area contributed by atoms with Gasteiger partial charge in [0.05, 0.1) is 6.10 Å². The van der Waals surface area contributed by atoms with Crippen LogP contribution in [-0.2, 0) is 9.59 Å². The Morgan fingerprint density at radius 1 is 1.30 bits per heavy atom. The van der Waals surface area contributed by atoms with Gasteiger partial charge in [-0.2, -0.15) is 0 Å². The Kier molecular flexibility index (Phi) is 4.69. The maximum atomic E-state index is 17.0. The van der Waals surface area contributed by atoms with Gasteiger partial charge in [-0.05, 0) is 70.4 Å². The standard InChI is InChI=1S/C24H34FNO4/c1-13(2)26-20(29)24(30)14(3)10-18-17-7-6-15-11-16(27)8-9-21(15,4)23(17,25)19(28)12-22(18,24)5/h8-9,11,13-14,17-19,28,30H,6-7,10,12H2,1-5H3,(H,26,29). The summed E-state index contributed by atoms with van der Waals surface area (Å²) in [5.74, 6) is -1.68. The number of allylic oxidation sites excluding steroid dienone is 4. The third-order valence-electron chi connectivity index (χ3n) is 8.99. The highest BCUT2D eigenvalue weighted by Gasteiger charge is 2.75. The minimum Gasteiger partial charge on any atom is -0.390 e. The van der Waals surface area contributed by atoms with Crippen molar-refractivity contribution in [1.29, 1.82) is 0 Å². The van der Waals surface area contributed by atoms with E-state index in [2.05, 4.69) is 5.32 Å². The largest absolute Gasteiger partial charge is 0.390 e. The Bertz CT molecular complexity index is 852. The van der Waals surface area contributed by atoms with E-state index in [0.29, 0.717) is 19.3 Å². The second kappa shape index (κ2) is 6.49. The predicted molar refractivity (Wildman–Crippen MR) is 111 cm³/mol. The zero-order chi connectivity index (χ0) is 22.3. The van der Waals surface area contributed by atoms with Gasteiger partial charge in [0, 0.05) is 22.8 Å². The number of carbonyl (C=O) groups is 2. The van der Waals surface area contributed by atoms with E-state index >= 15 is 4.39 Å². The van der Waals surface area contributed by atoms with Crippen molar-refractivity contribution < 1.29 is 24.2 Å². The van der Waals surface area contributed by atoms with Crippen LogP contribution >= 0.6 is 0 Å². The van der Waals surface area contributed by atoms with Crippen LogP contribution < -0.4 is 5.32 Å². The van der Waals surface area contributed by atoms with Gasteiger partial charge in [-0.1, -0.05) is 25.5 Å². The first kappa shape index (κ1) is 21.7. The average Bonchev–Trinajstić information content (AvgIpc) is 2.85. The van der Waals surface area contributed by atoms with E-state index in [9.17, 15) is 19.8 Å². The van der Waals surface area contributed by atoms with E-state index in [4.69, 9.17) is 0 Å². The molecule has 30 heavy (non-hydrogen) atoms. The Morgan fingerprint density at radius 3 is 2.60 bits per heavy atom. The number of hydrogen-bond acceptors (Lipinski definition) is 4. The molecule has 1 amide bonds. The van der Waals surface area contributed by atoms with Crippen LogP contribution in [0.15, 0.2) is 23.8 Å². The van der Waals surface area contributed by atoms with Crippen LogP contribution in [0.25, 0.3) is 0 Å². The third-order valence-corrected chi connectivity index (χ3v) is 8.99. The molecule has 3 fully saturated rings. The number of aliphatic hydroxyl groups is 2. The summed E-state index contributed by atoms with van der Waals surface area (Å²) in [6.07, 6.45) is 4.79. The Hall–Kier alpha value is -1.53. The first-order chi connectivity index (χ1) is 13.8. The van der Waals surface area contributed by atoms with Gasteiger partial charge >= 0.3 is 0 Å². The van der Waals surface area contributed by atoms with Crippen LogP contribution in [0.5, 0.6) is 0 Å². The van der Waals surface area contributed by atoms with Crippen molar-refractivity contribution in [1.82, 2.24) is 5.32 Å². The molecule has 4 aliphatic rings. The highest BCUT2D eigenvalue weighted by Crippen LogP contribution is 2.70. The fourth-order valence-corrected chi connectivity index (χ4v) is 7.40. The molecule has 0 radical (unpaired) electrons. The Labute approximate surface area is 177 Å². The van der Waals surface area contributed by atoms with Crippen LogP contribution in [0.3, 0.4) is 0 Å². The summed E-state index contributed by atoms with van der Waals surface area (Å²) < 4.78 is 17.0. The van der Waals surface area contributed by atoms with E-state index in [0.717, 1.165) is 5.57 Å². The fraction of sp³-hybridized carbons (Fsp3) is 0.750. The monoisotopic (exact) mass is 419 g/mol. The van der Waals surface area contributed by atoms with Gasteiger partial charge in [0.2, 0.25) is 0 Å². The summed E-state index contributed by atoms with van der Waals surface area (Å²) in [6.45, 7) is 9.16. The van der Waals surface area contributed by atoms with E-state index in [1.165, 1.54) is 12.2 Å². The third kappa shape index (κ3) is 2.41. The highest BCUT2D eigenvalue weighted by molar-refractivity contribution is 6.01. The first-order valence-electron chi connectivity index (χ1n) is 11.2.